The fourth-order valence-corrected chi connectivity index (χ4v) is 1.53. The molecule has 0 spiro atoms. The zero-order valence-corrected chi connectivity index (χ0v) is 9.38. The topological polar surface area (TPSA) is 27.7 Å². The number of hydrogen-bond acceptors (Lipinski definition) is 3. The first-order valence-electron chi connectivity index (χ1n) is 4.81. The minimum Gasteiger partial charge on any atom is -0.325 e. The third-order valence-electron chi connectivity index (χ3n) is 2.27. The summed E-state index contributed by atoms with van der Waals surface area (Å²) in [5.41, 5.74) is -0.274. The molecule has 0 bridgehead atoms. The van der Waals surface area contributed by atoms with Crippen LogP contribution in [-0.2, 0) is 14.2 Å². The maximum atomic E-state index is 5.71. The zero-order chi connectivity index (χ0) is 10.3. The number of rotatable bonds is 2. The van der Waals surface area contributed by atoms with Crippen molar-refractivity contribution >= 4 is 0 Å². The van der Waals surface area contributed by atoms with Gasteiger partial charge in [0.25, 0.3) is 5.97 Å². The summed E-state index contributed by atoms with van der Waals surface area (Å²) < 4.78 is 16.9. The molecule has 0 saturated carbocycles. The van der Waals surface area contributed by atoms with Crippen molar-refractivity contribution in [2.75, 3.05) is 0 Å². The number of ether oxygens (including phenoxy) is 3. The fourth-order valence-electron chi connectivity index (χ4n) is 1.53. The van der Waals surface area contributed by atoms with Gasteiger partial charge in [-0.1, -0.05) is 0 Å². The second kappa shape index (κ2) is 3.23. The first-order valence-corrected chi connectivity index (χ1v) is 4.81. The minimum atomic E-state index is -0.878. The van der Waals surface area contributed by atoms with Crippen molar-refractivity contribution in [3.8, 4) is 0 Å². The third kappa shape index (κ3) is 2.42. The van der Waals surface area contributed by atoms with Crippen molar-refractivity contribution in [1.29, 1.82) is 0 Å². The van der Waals surface area contributed by atoms with Crippen LogP contribution in [0.1, 0.15) is 41.5 Å². The van der Waals surface area contributed by atoms with E-state index in [1.54, 1.807) is 0 Å². The van der Waals surface area contributed by atoms with E-state index in [2.05, 4.69) is 0 Å². The SMILES string of the molecule is CC(C)OC1(C)OC(C)C(C)(C)O1. The average Bonchev–Trinajstić information content (AvgIpc) is 1.98. The van der Waals surface area contributed by atoms with E-state index in [0.717, 1.165) is 0 Å². The molecule has 0 aromatic rings. The molecule has 0 aliphatic carbocycles. The smallest absolute Gasteiger partial charge is 0.281 e. The Hall–Kier alpha value is -0.120. The Morgan fingerprint density at radius 3 is 2.08 bits per heavy atom. The molecule has 1 saturated heterocycles. The van der Waals surface area contributed by atoms with Gasteiger partial charge >= 0.3 is 0 Å². The van der Waals surface area contributed by atoms with Crippen molar-refractivity contribution in [2.45, 2.75) is 65.3 Å². The summed E-state index contributed by atoms with van der Waals surface area (Å²) in [4.78, 5) is 0. The van der Waals surface area contributed by atoms with Gasteiger partial charge in [-0.3, -0.25) is 0 Å². The van der Waals surface area contributed by atoms with Crippen molar-refractivity contribution in [2.24, 2.45) is 0 Å². The summed E-state index contributed by atoms with van der Waals surface area (Å²) in [5, 5.41) is 0. The molecule has 3 nitrogen and oxygen atoms in total. The molecule has 1 rings (SSSR count). The highest BCUT2D eigenvalue weighted by molar-refractivity contribution is 4.84. The molecule has 13 heavy (non-hydrogen) atoms. The Morgan fingerprint density at radius 2 is 1.77 bits per heavy atom. The highest BCUT2D eigenvalue weighted by atomic mass is 16.9. The Balaban J connectivity index is 2.65. The van der Waals surface area contributed by atoms with Gasteiger partial charge in [0.1, 0.15) is 0 Å². The summed E-state index contributed by atoms with van der Waals surface area (Å²) in [6.45, 7) is 11.8. The van der Waals surface area contributed by atoms with E-state index in [1.165, 1.54) is 0 Å². The standard InChI is InChI=1S/C10H20O3/c1-7(2)11-10(6)12-8(3)9(4,5)13-10/h7-8H,1-6H3. The van der Waals surface area contributed by atoms with Crippen LogP contribution < -0.4 is 0 Å². The zero-order valence-electron chi connectivity index (χ0n) is 9.38. The van der Waals surface area contributed by atoms with E-state index in [1.807, 2.05) is 41.5 Å². The van der Waals surface area contributed by atoms with Crippen molar-refractivity contribution in [3.05, 3.63) is 0 Å². The molecule has 1 heterocycles. The molecule has 0 N–H and O–H groups in total. The van der Waals surface area contributed by atoms with Gasteiger partial charge in [-0.25, -0.2) is 0 Å². The molecule has 1 fully saturated rings. The lowest BCUT2D eigenvalue weighted by Crippen LogP contribution is -2.35. The van der Waals surface area contributed by atoms with Gasteiger partial charge in [-0.15, -0.1) is 0 Å². The molecule has 1 aliphatic heterocycles. The van der Waals surface area contributed by atoms with E-state index in [4.69, 9.17) is 14.2 Å². The molecule has 0 amide bonds. The molecule has 0 aromatic carbocycles. The van der Waals surface area contributed by atoms with Crippen molar-refractivity contribution < 1.29 is 14.2 Å². The molecule has 1 aliphatic rings. The van der Waals surface area contributed by atoms with Crippen LogP contribution in [0.3, 0.4) is 0 Å². The average molecular weight is 188 g/mol. The molecular formula is C10H20O3. The van der Waals surface area contributed by atoms with Crippen molar-refractivity contribution in [3.63, 3.8) is 0 Å². The van der Waals surface area contributed by atoms with E-state index in [-0.39, 0.29) is 17.8 Å². The van der Waals surface area contributed by atoms with Crippen LogP contribution in [0.2, 0.25) is 0 Å². The summed E-state index contributed by atoms with van der Waals surface area (Å²) in [5.74, 6) is -0.878. The van der Waals surface area contributed by atoms with Gasteiger partial charge in [0.2, 0.25) is 0 Å². The molecule has 78 valence electrons. The maximum Gasteiger partial charge on any atom is 0.281 e. The lowest BCUT2D eigenvalue weighted by molar-refractivity contribution is -0.346. The predicted molar refractivity (Wildman–Crippen MR) is 50.3 cm³/mol. The Labute approximate surface area is 80.4 Å². The Bertz CT molecular complexity index is 189. The summed E-state index contributed by atoms with van der Waals surface area (Å²) in [7, 11) is 0. The van der Waals surface area contributed by atoms with E-state index in [9.17, 15) is 0 Å². The normalized spacial score (nSPS) is 38.5. The van der Waals surface area contributed by atoms with Gasteiger partial charge in [-0.2, -0.15) is 0 Å². The van der Waals surface area contributed by atoms with Gasteiger partial charge < -0.3 is 14.2 Å². The quantitative estimate of drug-likeness (QED) is 0.665. The monoisotopic (exact) mass is 188 g/mol. The van der Waals surface area contributed by atoms with Crippen LogP contribution in [0.5, 0.6) is 0 Å². The van der Waals surface area contributed by atoms with Gasteiger partial charge in [-0.05, 0) is 34.6 Å². The van der Waals surface area contributed by atoms with Gasteiger partial charge in [0.05, 0.1) is 17.8 Å². The Morgan fingerprint density at radius 1 is 1.23 bits per heavy atom. The molecule has 0 radical (unpaired) electrons. The van der Waals surface area contributed by atoms with E-state index < -0.39 is 5.97 Å². The van der Waals surface area contributed by atoms with Crippen LogP contribution in [-0.4, -0.2) is 23.8 Å². The summed E-state index contributed by atoms with van der Waals surface area (Å²) in [6, 6.07) is 0. The molecule has 2 atom stereocenters. The molecule has 3 heteroatoms. The molecular weight excluding hydrogens is 168 g/mol. The van der Waals surface area contributed by atoms with Crippen LogP contribution in [0.4, 0.5) is 0 Å². The van der Waals surface area contributed by atoms with Crippen LogP contribution in [0, 0.1) is 0 Å². The van der Waals surface area contributed by atoms with Crippen LogP contribution in [0.25, 0.3) is 0 Å². The van der Waals surface area contributed by atoms with Crippen LogP contribution >= 0.6 is 0 Å². The summed E-state index contributed by atoms with van der Waals surface area (Å²) >= 11 is 0. The summed E-state index contributed by atoms with van der Waals surface area (Å²) in [6.07, 6.45) is 0.155. The number of hydrogen-bond donors (Lipinski definition) is 0. The van der Waals surface area contributed by atoms with Gasteiger partial charge in [0.15, 0.2) is 0 Å². The van der Waals surface area contributed by atoms with E-state index >= 15 is 0 Å². The predicted octanol–water partition coefficient (Wildman–Crippen LogP) is 2.30. The second-order valence-corrected chi connectivity index (χ2v) is 4.49. The third-order valence-corrected chi connectivity index (χ3v) is 2.27. The van der Waals surface area contributed by atoms with Crippen LogP contribution in [0.15, 0.2) is 0 Å². The van der Waals surface area contributed by atoms with Gasteiger partial charge in [0, 0.05) is 6.92 Å². The molecule has 0 aromatic heterocycles. The second-order valence-electron chi connectivity index (χ2n) is 4.49. The largest absolute Gasteiger partial charge is 0.325 e. The maximum absolute atomic E-state index is 5.71. The van der Waals surface area contributed by atoms with E-state index in [0.29, 0.717) is 0 Å². The molecule has 2 unspecified atom stereocenters. The first kappa shape index (κ1) is 11.0. The highest BCUT2D eigenvalue weighted by Crippen LogP contribution is 2.37. The Kier molecular flexibility index (Phi) is 2.72. The fraction of sp³-hybridized carbons (Fsp3) is 1.00. The lowest BCUT2D eigenvalue weighted by atomic mass is 10.0. The van der Waals surface area contributed by atoms with Crippen molar-refractivity contribution in [1.82, 2.24) is 0 Å². The first-order chi connectivity index (χ1) is 5.75. The lowest BCUT2D eigenvalue weighted by Gasteiger charge is -2.27. The minimum absolute atomic E-state index is 0.0521. The highest BCUT2D eigenvalue weighted by Gasteiger charge is 2.48.